The Kier molecular flexibility index (Phi) is 6.82. The van der Waals surface area contributed by atoms with Crippen LogP contribution in [0.5, 0.6) is 0 Å². The van der Waals surface area contributed by atoms with Crippen LogP contribution in [0.4, 0.5) is 18.9 Å². The predicted octanol–water partition coefficient (Wildman–Crippen LogP) is 5.10. The van der Waals surface area contributed by atoms with Crippen LogP contribution in [0.25, 0.3) is 0 Å². The van der Waals surface area contributed by atoms with Gasteiger partial charge in [-0.1, -0.05) is 37.9 Å². The lowest BCUT2D eigenvalue weighted by Crippen LogP contribution is -2.26. The van der Waals surface area contributed by atoms with Crippen molar-refractivity contribution in [2.24, 2.45) is 5.10 Å². The first-order chi connectivity index (χ1) is 12.2. The summed E-state index contributed by atoms with van der Waals surface area (Å²) >= 11 is 6.84. The first-order valence-electron chi connectivity index (χ1n) is 7.35. The number of hydrogen-bond acceptors (Lipinski definition) is 3. The molecule has 2 aromatic carbocycles. The van der Waals surface area contributed by atoms with Crippen LogP contribution in [0.2, 0.25) is 0 Å². The van der Waals surface area contributed by atoms with E-state index in [4.69, 9.17) is 0 Å². The van der Waals surface area contributed by atoms with Gasteiger partial charge in [-0.15, -0.1) is 0 Å². The highest BCUT2D eigenvalue weighted by Gasteiger charge is 2.30. The van der Waals surface area contributed by atoms with Crippen molar-refractivity contribution in [2.45, 2.75) is 13.1 Å². The van der Waals surface area contributed by atoms with Crippen molar-refractivity contribution >= 4 is 49.7 Å². The van der Waals surface area contributed by atoms with E-state index in [0.717, 1.165) is 32.2 Å². The number of nitrogens with zero attached hydrogens (tertiary/aromatic N) is 1. The first-order valence-corrected chi connectivity index (χ1v) is 8.94. The Bertz CT molecular complexity index is 815. The molecule has 0 saturated heterocycles. The second-order valence-corrected chi connectivity index (χ2v) is 7.04. The van der Waals surface area contributed by atoms with Crippen LogP contribution in [0.1, 0.15) is 16.7 Å². The Balaban J connectivity index is 1.90. The van der Waals surface area contributed by atoms with Crippen molar-refractivity contribution in [1.29, 1.82) is 0 Å². The Morgan fingerprint density at radius 3 is 2.46 bits per heavy atom. The summed E-state index contributed by atoms with van der Waals surface area (Å²) < 4.78 is 39.7. The third-order valence-corrected chi connectivity index (χ3v) is 5.00. The maximum absolute atomic E-state index is 12.6. The molecule has 9 heteroatoms. The number of carbonyl (C=O) groups excluding carboxylic acids is 1. The minimum absolute atomic E-state index is 0.199. The summed E-state index contributed by atoms with van der Waals surface area (Å²) in [5.41, 5.74) is 3.54. The number of anilines is 1. The fraction of sp³-hybridized carbons (Fsp3) is 0.176. The highest BCUT2D eigenvalue weighted by molar-refractivity contribution is 9.11. The average molecular weight is 493 g/mol. The van der Waals surface area contributed by atoms with Crippen molar-refractivity contribution in [3.63, 3.8) is 0 Å². The molecule has 0 unspecified atom stereocenters. The summed E-state index contributed by atoms with van der Waals surface area (Å²) in [6.45, 7) is 1.73. The molecule has 26 heavy (non-hydrogen) atoms. The van der Waals surface area contributed by atoms with Crippen molar-refractivity contribution in [3.8, 4) is 0 Å². The number of alkyl halides is 3. The number of halogens is 5. The molecular formula is C17H14Br2F3N3O. The molecule has 2 rings (SSSR count). The third kappa shape index (κ3) is 5.84. The van der Waals surface area contributed by atoms with E-state index in [9.17, 15) is 18.0 Å². The van der Waals surface area contributed by atoms with Crippen LogP contribution in [0, 0.1) is 6.92 Å². The van der Waals surface area contributed by atoms with Crippen LogP contribution in [-0.2, 0) is 11.0 Å². The normalized spacial score (nSPS) is 11.6. The molecular weight excluding hydrogens is 479 g/mol. The molecule has 0 aliphatic heterocycles. The summed E-state index contributed by atoms with van der Waals surface area (Å²) in [7, 11) is 0. The molecule has 0 saturated carbocycles. The predicted molar refractivity (Wildman–Crippen MR) is 102 cm³/mol. The van der Waals surface area contributed by atoms with E-state index >= 15 is 0 Å². The molecule has 0 fully saturated rings. The van der Waals surface area contributed by atoms with Gasteiger partial charge in [-0.2, -0.15) is 18.3 Å². The first kappa shape index (κ1) is 20.4. The van der Waals surface area contributed by atoms with Crippen molar-refractivity contribution in [2.75, 3.05) is 11.9 Å². The van der Waals surface area contributed by atoms with Crippen molar-refractivity contribution in [3.05, 3.63) is 62.0 Å². The molecule has 0 atom stereocenters. The van der Waals surface area contributed by atoms with Gasteiger partial charge in [-0.05, 0) is 48.4 Å². The molecule has 1 amide bonds. The van der Waals surface area contributed by atoms with Gasteiger partial charge in [-0.3, -0.25) is 4.79 Å². The summed E-state index contributed by atoms with van der Waals surface area (Å²) in [6.07, 6.45) is -2.96. The van der Waals surface area contributed by atoms with E-state index in [1.54, 1.807) is 0 Å². The topological polar surface area (TPSA) is 53.5 Å². The Labute approximate surface area is 165 Å². The van der Waals surface area contributed by atoms with Crippen molar-refractivity contribution < 1.29 is 18.0 Å². The van der Waals surface area contributed by atoms with Gasteiger partial charge in [-0.25, -0.2) is 5.43 Å². The SMILES string of the molecule is Cc1c(Br)cc(/C=N\NC(=O)CNc2cccc(C(F)(F)F)c2)cc1Br. The molecule has 4 nitrogen and oxygen atoms in total. The van der Waals surface area contributed by atoms with Gasteiger partial charge in [0, 0.05) is 14.6 Å². The van der Waals surface area contributed by atoms with Crippen LogP contribution >= 0.6 is 31.9 Å². The Morgan fingerprint density at radius 1 is 1.19 bits per heavy atom. The number of carbonyl (C=O) groups is 1. The Morgan fingerprint density at radius 2 is 1.85 bits per heavy atom. The molecule has 0 bridgehead atoms. The highest BCUT2D eigenvalue weighted by Crippen LogP contribution is 2.30. The zero-order chi connectivity index (χ0) is 19.3. The number of nitrogens with one attached hydrogen (secondary N) is 2. The van der Waals surface area contributed by atoms with Gasteiger partial charge in [0.1, 0.15) is 0 Å². The second-order valence-electron chi connectivity index (χ2n) is 5.33. The molecule has 2 N–H and O–H groups in total. The monoisotopic (exact) mass is 491 g/mol. The second kappa shape index (κ2) is 8.68. The molecule has 0 aliphatic carbocycles. The van der Waals surface area contributed by atoms with Gasteiger partial charge >= 0.3 is 6.18 Å². The molecule has 0 radical (unpaired) electrons. The maximum Gasteiger partial charge on any atom is 0.416 e. The molecule has 2 aromatic rings. The van der Waals surface area contributed by atoms with Crippen LogP contribution in [0.15, 0.2) is 50.4 Å². The minimum Gasteiger partial charge on any atom is -0.376 e. The maximum atomic E-state index is 12.6. The standard InChI is InChI=1S/C17H14Br2F3N3O/c1-10-14(18)5-11(6-15(10)19)8-24-25-16(26)9-23-13-4-2-3-12(7-13)17(20,21)22/h2-8,23H,9H2,1H3,(H,25,26)/b24-8-. The van der Waals surface area contributed by atoms with Crippen LogP contribution < -0.4 is 10.7 Å². The van der Waals surface area contributed by atoms with Crippen LogP contribution in [-0.4, -0.2) is 18.7 Å². The van der Waals surface area contributed by atoms with E-state index in [0.29, 0.717) is 0 Å². The van der Waals surface area contributed by atoms with E-state index in [1.165, 1.54) is 18.3 Å². The number of benzene rings is 2. The fourth-order valence-corrected chi connectivity index (χ4v) is 3.17. The molecule has 138 valence electrons. The van der Waals surface area contributed by atoms with Gasteiger partial charge in [0.15, 0.2) is 0 Å². The molecule has 0 spiro atoms. The molecule has 0 heterocycles. The largest absolute Gasteiger partial charge is 0.416 e. The average Bonchev–Trinajstić information content (AvgIpc) is 2.57. The lowest BCUT2D eigenvalue weighted by molar-refractivity contribution is -0.137. The minimum atomic E-state index is -4.43. The third-order valence-electron chi connectivity index (χ3n) is 3.35. The Hall–Kier alpha value is -1.87. The van der Waals surface area contributed by atoms with Gasteiger partial charge < -0.3 is 5.32 Å². The quantitative estimate of drug-likeness (QED) is 0.450. The van der Waals surface area contributed by atoms with Gasteiger partial charge in [0.25, 0.3) is 5.91 Å². The summed E-state index contributed by atoms with van der Waals surface area (Å²) in [6, 6.07) is 8.32. The lowest BCUT2D eigenvalue weighted by Gasteiger charge is -2.10. The van der Waals surface area contributed by atoms with Crippen molar-refractivity contribution in [1.82, 2.24) is 5.43 Å². The smallest absolute Gasteiger partial charge is 0.376 e. The van der Waals surface area contributed by atoms with Gasteiger partial charge in [0.05, 0.1) is 18.3 Å². The van der Waals surface area contributed by atoms with Gasteiger partial charge in [0.2, 0.25) is 0 Å². The zero-order valence-electron chi connectivity index (χ0n) is 13.5. The van der Waals surface area contributed by atoms with E-state index in [-0.39, 0.29) is 12.2 Å². The number of amides is 1. The highest BCUT2D eigenvalue weighted by atomic mass is 79.9. The summed E-state index contributed by atoms with van der Waals surface area (Å²) in [5, 5.41) is 6.47. The number of hydrazone groups is 1. The van der Waals surface area contributed by atoms with E-state index in [2.05, 4.69) is 47.7 Å². The zero-order valence-corrected chi connectivity index (χ0v) is 16.7. The summed E-state index contributed by atoms with van der Waals surface area (Å²) in [5.74, 6) is -0.482. The molecule has 0 aromatic heterocycles. The fourth-order valence-electron chi connectivity index (χ4n) is 1.95. The summed E-state index contributed by atoms with van der Waals surface area (Å²) in [4.78, 5) is 11.7. The van der Waals surface area contributed by atoms with E-state index in [1.807, 2.05) is 19.1 Å². The number of hydrogen-bond donors (Lipinski definition) is 2. The van der Waals surface area contributed by atoms with E-state index < -0.39 is 17.6 Å². The number of rotatable bonds is 5. The molecule has 0 aliphatic rings. The lowest BCUT2D eigenvalue weighted by atomic mass is 10.2. The van der Waals surface area contributed by atoms with Crippen LogP contribution in [0.3, 0.4) is 0 Å².